The highest BCUT2D eigenvalue weighted by molar-refractivity contribution is 5.96. The van der Waals surface area contributed by atoms with Gasteiger partial charge in [-0.05, 0) is 25.0 Å². The summed E-state index contributed by atoms with van der Waals surface area (Å²) in [6.45, 7) is 4.60. The van der Waals surface area contributed by atoms with E-state index in [9.17, 15) is 14.7 Å². The Balaban J connectivity index is 1.73. The van der Waals surface area contributed by atoms with Crippen molar-refractivity contribution in [2.75, 3.05) is 26.3 Å². The average Bonchev–Trinajstić information content (AvgIpc) is 3.44. The quantitative estimate of drug-likeness (QED) is 0.579. The molecular formula is C24H32N2O6. The molecule has 2 amide bonds. The zero-order valence-electron chi connectivity index (χ0n) is 18.6. The van der Waals surface area contributed by atoms with Crippen molar-refractivity contribution in [1.29, 1.82) is 0 Å². The van der Waals surface area contributed by atoms with E-state index in [0.717, 1.165) is 18.4 Å². The maximum absolute atomic E-state index is 13.2. The maximum atomic E-state index is 13.2. The summed E-state index contributed by atoms with van der Waals surface area (Å²) >= 11 is 0. The molecule has 1 aromatic carbocycles. The van der Waals surface area contributed by atoms with Crippen LogP contribution in [0.3, 0.4) is 0 Å². The fraction of sp³-hybridized carbons (Fsp3) is 0.583. The number of hydrogen-bond donors (Lipinski definition) is 3. The van der Waals surface area contributed by atoms with Crippen LogP contribution in [0.25, 0.3) is 0 Å². The highest BCUT2D eigenvalue weighted by atomic mass is 16.5. The molecule has 0 saturated carbocycles. The van der Waals surface area contributed by atoms with Crippen LogP contribution in [-0.4, -0.2) is 77.6 Å². The van der Waals surface area contributed by atoms with E-state index in [1.54, 1.807) is 11.0 Å². The highest BCUT2D eigenvalue weighted by Gasteiger charge is 2.50. The number of nitrogens with zero attached hydrogens (tertiary/aromatic N) is 1. The van der Waals surface area contributed by atoms with Crippen molar-refractivity contribution < 1.29 is 29.3 Å². The smallest absolute Gasteiger partial charge is 0.247 e. The van der Waals surface area contributed by atoms with Gasteiger partial charge in [0, 0.05) is 36.8 Å². The van der Waals surface area contributed by atoms with E-state index in [1.165, 1.54) is 0 Å². The summed E-state index contributed by atoms with van der Waals surface area (Å²) in [6.07, 6.45) is 1.71. The van der Waals surface area contributed by atoms with Crippen molar-refractivity contribution in [2.45, 2.75) is 57.0 Å². The molecule has 1 fully saturated rings. The lowest BCUT2D eigenvalue weighted by Gasteiger charge is -2.42. The highest BCUT2D eigenvalue weighted by Crippen LogP contribution is 2.47. The fourth-order valence-electron chi connectivity index (χ4n) is 4.89. The van der Waals surface area contributed by atoms with Gasteiger partial charge in [0.1, 0.15) is 18.0 Å². The lowest BCUT2D eigenvalue weighted by Crippen LogP contribution is -2.57. The minimum absolute atomic E-state index is 0.0932. The lowest BCUT2D eigenvalue weighted by atomic mass is 9.77. The molecule has 2 heterocycles. The van der Waals surface area contributed by atoms with E-state index in [-0.39, 0.29) is 37.0 Å². The minimum Gasteiger partial charge on any atom is -0.486 e. The molecule has 1 aliphatic carbocycles. The molecule has 0 unspecified atom stereocenters. The average molecular weight is 445 g/mol. The van der Waals surface area contributed by atoms with Gasteiger partial charge in [0.15, 0.2) is 0 Å². The summed E-state index contributed by atoms with van der Waals surface area (Å²) in [4.78, 5) is 27.9. The first-order chi connectivity index (χ1) is 15.4. The van der Waals surface area contributed by atoms with Gasteiger partial charge in [0.05, 0.1) is 24.7 Å². The largest absolute Gasteiger partial charge is 0.486 e. The van der Waals surface area contributed by atoms with Crippen molar-refractivity contribution >= 4 is 11.8 Å². The number of ether oxygens (including phenoxy) is 2. The number of hydrogen-bond acceptors (Lipinski definition) is 6. The minimum atomic E-state index is -1.01. The van der Waals surface area contributed by atoms with Crippen LogP contribution in [0, 0.1) is 5.92 Å². The second kappa shape index (κ2) is 9.60. The monoisotopic (exact) mass is 444 g/mol. The molecule has 1 saturated heterocycles. The number of nitrogens with one attached hydrogen (secondary N) is 1. The van der Waals surface area contributed by atoms with Gasteiger partial charge in [-0.2, -0.15) is 0 Å². The van der Waals surface area contributed by atoms with E-state index in [4.69, 9.17) is 14.6 Å². The van der Waals surface area contributed by atoms with Gasteiger partial charge in [-0.25, -0.2) is 0 Å². The summed E-state index contributed by atoms with van der Waals surface area (Å²) in [5.41, 5.74) is 1.28. The van der Waals surface area contributed by atoms with E-state index < -0.39 is 24.2 Å². The predicted octanol–water partition coefficient (Wildman–Crippen LogP) is 0.973. The molecule has 1 aromatic rings. The van der Waals surface area contributed by atoms with Crippen LogP contribution in [0.2, 0.25) is 0 Å². The number of benzene rings is 1. The number of amides is 2. The zero-order chi connectivity index (χ0) is 22.8. The van der Waals surface area contributed by atoms with Crippen LogP contribution in [0.4, 0.5) is 0 Å². The van der Waals surface area contributed by atoms with E-state index >= 15 is 0 Å². The Morgan fingerprint density at radius 3 is 2.75 bits per heavy atom. The third-order valence-electron chi connectivity index (χ3n) is 6.44. The molecule has 5 atom stereocenters. The second-order valence-electron chi connectivity index (χ2n) is 8.96. The predicted molar refractivity (Wildman–Crippen MR) is 117 cm³/mol. The number of fused-ring (bicyclic) bond motifs is 3. The Bertz CT molecular complexity index is 879. The molecule has 2 aliphatic heterocycles. The number of carbonyl (C=O) groups is 2. The summed E-state index contributed by atoms with van der Waals surface area (Å²) in [5, 5.41) is 23.3. The third-order valence-corrected chi connectivity index (χ3v) is 6.44. The normalized spacial score (nSPS) is 28.5. The second-order valence-corrected chi connectivity index (χ2v) is 8.96. The molecule has 0 bridgehead atoms. The van der Waals surface area contributed by atoms with Crippen molar-refractivity contribution in [3.8, 4) is 5.75 Å². The van der Waals surface area contributed by atoms with Gasteiger partial charge in [-0.3, -0.25) is 9.59 Å². The van der Waals surface area contributed by atoms with E-state index in [0.29, 0.717) is 24.5 Å². The SMILES string of the molecule is CC(C)C(=O)N(C[C@@H]1CCCO1)[C@@H]1C=C(C(=O)NCCO)[C@@H]2c3ccccc3O[C@@H]2[C@H]1O. The van der Waals surface area contributed by atoms with Gasteiger partial charge < -0.3 is 29.9 Å². The number of rotatable bonds is 7. The first-order valence-corrected chi connectivity index (χ1v) is 11.4. The number of aliphatic hydroxyl groups excluding tert-OH is 2. The molecule has 4 rings (SSSR count). The first kappa shape index (κ1) is 22.8. The Morgan fingerprint density at radius 1 is 1.28 bits per heavy atom. The Hall–Kier alpha value is -2.42. The Kier molecular flexibility index (Phi) is 6.83. The van der Waals surface area contributed by atoms with Crippen LogP contribution < -0.4 is 10.1 Å². The molecule has 0 aromatic heterocycles. The molecule has 32 heavy (non-hydrogen) atoms. The number of aliphatic hydroxyl groups is 2. The first-order valence-electron chi connectivity index (χ1n) is 11.4. The van der Waals surface area contributed by atoms with Gasteiger partial charge in [-0.15, -0.1) is 0 Å². The van der Waals surface area contributed by atoms with Crippen molar-refractivity contribution in [3.05, 3.63) is 41.5 Å². The van der Waals surface area contributed by atoms with Crippen LogP contribution in [0.1, 0.15) is 38.2 Å². The van der Waals surface area contributed by atoms with Crippen LogP contribution in [0.15, 0.2) is 35.9 Å². The van der Waals surface area contributed by atoms with E-state index in [1.807, 2.05) is 38.1 Å². The van der Waals surface area contributed by atoms with Gasteiger partial charge in [0.25, 0.3) is 0 Å². The third kappa shape index (κ3) is 4.27. The molecule has 8 nitrogen and oxygen atoms in total. The van der Waals surface area contributed by atoms with Gasteiger partial charge >= 0.3 is 0 Å². The standard InChI is InChI=1S/C24H32N2O6/c1-14(2)24(30)26(13-15-6-5-11-31-15)18-12-17(23(29)25-9-10-27)20-16-7-3-4-8-19(16)32-22(20)21(18)28/h3-4,7-8,12,14-15,18,20-22,27-28H,5-6,9-11,13H2,1-2H3,(H,25,29)/t15-,18+,20-,21-,22-/m0/s1. The molecule has 8 heteroatoms. The molecule has 0 spiro atoms. The number of para-hydroxylation sites is 1. The summed E-state index contributed by atoms with van der Waals surface area (Å²) in [7, 11) is 0. The fourth-order valence-corrected chi connectivity index (χ4v) is 4.89. The Morgan fingerprint density at radius 2 is 2.06 bits per heavy atom. The molecular weight excluding hydrogens is 412 g/mol. The van der Waals surface area contributed by atoms with Crippen molar-refractivity contribution in [3.63, 3.8) is 0 Å². The van der Waals surface area contributed by atoms with Crippen LogP contribution in [-0.2, 0) is 14.3 Å². The number of carbonyl (C=O) groups excluding carboxylic acids is 2. The van der Waals surface area contributed by atoms with E-state index in [2.05, 4.69) is 5.32 Å². The summed E-state index contributed by atoms with van der Waals surface area (Å²) in [6, 6.07) is 6.71. The van der Waals surface area contributed by atoms with Crippen LogP contribution >= 0.6 is 0 Å². The van der Waals surface area contributed by atoms with Gasteiger partial charge in [-0.1, -0.05) is 32.0 Å². The molecule has 3 aliphatic rings. The summed E-state index contributed by atoms with van der Waals surface area (Å²) < 4.78 is 11.9. The molecule has 0 radical (unpaired) electrons. The van der Waals surface area contributed by atoms with Crippen molar-refractivity contribution in [1.82, 2.24) is 10.2 Å². The Labute approximate surface area is 188 Å². The zero-order valence-corrected chi connectivity index (χ0v) is 18.6. The topological polar surface area (TPSA) is 108 Å². The molecule has 3 N–H and O–H groups in total. The van der Waals surface area contributed by atoms with Gasteiger partial charge in [0.2, 0.25) is 11.8 Å². The van der Waals surface area contributed by atoms with Crippen molar-refractivity contribution in [2.24, 2.45) is 5.92 Å². The summed E-state index contributed by atoms with van der Waals surface area (Å²) in [5.74, 6) is -0.535. The lowest BCUT2D eigenvalue weighted by molar-refractivity contribution is -0.142. The molecule has 174 valence electrons. The maximum Gasteiger partial charge on any atom is 0.247 e. The van der Waals surface area contributed by atoms with Crippen LogP contribution in [0.5, 0.6) is 5.75 Å².